The fourth-order valence-electron chi connectivity index (χ4n) is 0.144. The third-order valence-corrected chi connectivity index (χ3v) is 0.987. The summed E-state index contributed by atoms with van der Waals surface area (Å²) in [6.45, 7) is 1.85. The molecule has 3 heteroatoms. The molecule has 1 N–H and O–H groups in total. The number of rotatable bonds is 1. The molecule has 0 atom stereocenters. The van der Waals surface area contributed by atoms with Crippen LogP contribution in [-0.2, 0) is 0 Å². The molecule has 36 valence electrons. The van der Waals surface area contributed by atoms with Gasteiger partial charge in [-0.2, -0.15) is 0 Å². The summed E-state index contributed by atoms with van der Waals surface area (Å²) in [7, 11) is 0. The van der Waals surface area contributed by atoms with Gasteiger partial charge in [0.1, 0.15) is 0 Å². The normalized spacial score (nSPS) is 7.67. The summed E-state index contributed by atoms with van der Waals surface area (Å²) in [5, 5.41) is 0. The topological polar surface area (TPSA) is 12.0 Å². The summed E-state index contributed by atoms with van der Waals surface area (Å²) in [5.74, 6) is 0. The Bertz CT molecular complexity index is 52.8. The Morgan fingerprint density at radius 2 is 2.33 bits per heavy atom. The van der Waals surface area contributed by atoms with Gasteiger partial charge in [0, 0.05) is 6.26 Å². The van der Waals surface area contributed by atoms with Gasteiger partial charge in [-0.25, -0.2) is 0 Å². The smallest absolute Gasteiger partial charge is 0.0820 e. The van der Waals surface area contributed by atoms with Crippen molar-refractivity contribution in [1.29, 1.82) is 0 Å². The second kappa shape index (κ2) is 3.43. The quantitative estimate of drug-likeness (QED) is 0.413. The molecule has 0 rings (SSSR count). The van der Waals surface area contributed by atoms with Crippen LogP contribution in [0.3, 0.4) is 0 Å². The number of hydrogen-bond donors (Lipinski definition) is 1. The van der Waals surface area contributed by atoms with Gasteiger partial charge < -0.3 is 4.72 Å². The standard InChI is InChI=1S/C3H7NS2/c1-3(5)4-6-2/h1-2H3,(H,4,5). The van der Waals surface area contributed by atoms with Crippen LogP contribution < -0.4 is 4.72 Å². The second-order valence-electron chi connectivity index (χ2n) is 0.862. The monoisotopic (exact) mass is 121 g/mol. The van der Waals surface area contributed by atoms with Crippen molar-refractivity contribution in [3.8, 4) is 0 Å². The molecule has 0 aromatic heterocycles. The molecule has 0 amide bonds. The molecule has 0 aromatic carbocycles. The van der Waals surface area contributed by atoms with Gasteiger partial charge in [-0.3, -0.25) is 0 Å². The average molecular weight is 121 g/mol. The molecule has 0 aliphatic carbocycles. The fourth-order valence-corrected chi connectivity index (χ4v) is 0.681. The summed E-state index contributed by atoms with van der Waals surface area (Å²) in [4.78, 5) is 0.836. The van der Waals surface area contributed by atoms with Crippen LogP contribution in [0.25, 0.3) is 0 Å². The van der Waals surface area contributed by atoms with Gasteiger partial charge in [-0.1, -0.05) is 24.2 Å². The SMILES string of the molecule is CSNC(C)=S. The van der Waals surface area contributed by atoms with Crippen LogP contribution >= 0.6 is 24.2 Å². The average Bonchev–Trinajstić information content (AvgIpc) is 1.35. The lowest BCUT2D eigenvalue weighted by Gasteiger charge is -1.91. The highest BCUT2D eigenvalue weighted by Gasteiger charge is 1.74. The van der Waals surface area contributed by atoms with Gasteiger partial charge in [0.15, 0.2) is 0 Å². The van der Waals surface area contributed by atoms with E-state index in [1.54, 1.807) is 0 Å². The van der Waals surface area contributed by atoms with Crippen LogP contribution in [0.1, 0.15) is 6.92 Å². The van der Waals surface area contributed by atoms with Gasteiger partial charge >= 0.3 is 0 Å². The lowest BCUT2D eigenvalue weighted by Crippen LogP contribution is -2.05. The maximum Gasteiger partial charge on any atom is 0.0820 e. The molecule has 0 heterocycles. The van der Waals surface area contributed by atoms with Crippen molar-refractivity contribution in [2.24, 2.45) is 0 Å². The fraction of sp³-hybridized carbons (Fsp3) is 0.667. The Labute approximate surface area is 47.6 Å². The molecular weight excluding hydrogens is 114 g/mol. The van der Waals surface area contributed by atoms with E-state index < -0.39 is 0 Å². The van der Waals surface area contributed by atoms with Crippen molar-refractivity contribution < 1.29 is 0 Å². The van der Waals surface area contributed by atoms with Crippen LogP contribution in [0.15, 0.2) is 0 Å². The molecule has 6 heavy (non-hydrogen) atoms. The predicted molar refractivity (Wildman–Crippen MR) is 34.9 cm³/mol. The lowest BCUT2D eigenvalue weighted by molar-refractivity contribution is 1.55. The molecule has 0 spiro atoms. The van der Waals surface area contributed by atoms with Gasteiger partial charge in [-0.15, -0.1) is 0 Å². The number of thiocarbonyl (C=S) groups is 1. The van der Waals surface area contributed by atoms with Crippen molar-refractivity contribution in [3.63, 3.8) is 0 Å². The Hall–Kier alpha value is 0.240. The summed E-state index contributed by atoms with van der Waals surface area (Å²) in [6, 6.07) is 0. The summed E-state index contributed by atoms with van der Waals surface area (Å²) in [6.07, 6.45) is 1.94. The molecule has 0 aliphatic rings. The zero-order chi connectivity index (χ0) is 4.99. The minimum Gasteiger partial charge on any atom is -0.325 e. The van der Waals surface area contributed by atoms with E-state index in [0.29, 0.717) is 0 Å². The van der Waals surface area contributed by atoms with Crippen LogP contribution in [0.2, 0.25) is 0 Å². The van der Waals surface area contributed by atoms with Crippen molar-refractivity contribution >= 4 is 29.2 Å². The zero-order valence-electron chi connectivity index (χ0n) is 3.82. The highest BCUT2D eigenvalue weighted by atomic mass is 32.2. The van der Waals surface area contributed by atoms with E-state index in [9.17, 15) is 0 Å². The van der Waals surface area contributed by atoms with Crippen molar-refractivity contribution in [2.45, 2.75) is 6.92 Å². The maximum absolute atomic E-state index is 4.66. The van der Waals surface area contributed by atoms with Crippen molar-refractivity contribution in [2.75, 3.05) is 6.26 Å². The first-order chi connectivity index (χ1) is 2.77. The molecule has 0 unspecified atom stereocenters. The highest BCUT2D eigenvalue weighted by molar-refractivity contribution is 7.98. The van der Waals surface area contributed by atoms with E-state index >= 15 is 0 Å². The number of hydrogen-bond acceptors (Lipinski definition) is 2. The van der Waals surface area contributed by atoms with E-state index in [4.69, 9.17) is 0 Å². The molecule has 0 radical (unpaired) electrons. The molecule has 1 nitrogen and oxygen atoms in total. The highest BCUT2D eigenvalue weighted by Crippen LogP contribution is 1.80. The third kappa shape index (κ3) is 4.24. The van der Waals surface area contributed by atoms with Crippen LogP contribution in [-0.4, -0.2) is 11.2 Å². The first-order valence-electron chi connectivity index (χ1n) is 1.57. The first kappa shape index (κ1) is 6.24. The largest absolute Gasteiger partial charge is 0.325 e. The van der Waals surface area contributed by atoms with Gasteiger partial charge in [0.05, 0.1) is 4.99 Å². The summed E-state index contributed by atoms with van der Waals surface area (Å²) in [5.41, 5.74) is 0. The summed E-state index contributed by atoms with van der Waals surface area (Å²) < 4.78 is 2.86. The molecule has 0 aliphatic heterocycles. The van der Waals surface area contributed by atoms with Crippen molar-refractivity contribution in [3.05, 3.63) is 0 Å². The molecule has 0 fully saturated rings. The second-order valence-corrected chi connectivity index (χ2v) is 2.09. The summed E-state index contributed by atoms with van der Waals surface area (Å²) >= 11 is 6.18. The van der Waals surface area contributed by atoms with Gasteiger partial charge in [0.2, 0.25) is 0 Å². The van der Waals surface area contributed by atoms with Crippen LogP contribution in [0, 0.1) is 0 Å². The molecule has 0 saturated carbocycles. The first-order valence-corrected chi connectivity index (χ1v) is 3.20. The molecule has 0 saturated heterocycles. The van der Waals surface area contributed by atoms with E-state index in [1.807, 2.05) is 13.2 Å². The Morgan fingerprint density at radius 1 is 1.83 bits per heavy atom. The van der Waals surface area contributed by atoms with E-state index in [1.165, 1.54) is 11.9 Å². The molecule has 0 bridgehead atoms. The van der Waals surface area contributed by atoms with E-state index in [2.05, 4.69) is 16.9 Å². The van der Waals surface area contributed by atoms with Crippen LogP contribution in [0.4, 0.5) is 0 Å². The Morgan fingerprint density at radius 3 is 2.33 bits per heavy atom. The maximum atomic E-state index is 4.66. The minimum atomic E-state index is 0.836. The van der Waals surface area contributed by atoms with Gasteiger partial charge in [-0.05, 0) is 6.92 Å². The Kier molecular flexibility index (Phi) is 3.57. The Balaban J connectivity index is 2.83. The predicted octanol–water partition coefficient (Wildman–Crippen LogP) is 1.20. The van der Waals surface area contributed by atoms with Gasteiger partial charge in [0.25, 0.3) is 0 Å². The van der Waals surface area contributed by atoms with Crippen LogP contribution in [0.5, 0.6) is 0 Å². The molecule has 0 aromatic rings. The van der Waals surface area contributed by atoms with Crippen molar-refractivity contribution in [1.82, 2.24) is 4.72 Å². The molecular formula is C3H7NS2. The zero-order valence-corrected chi connectivity index (χ0v) is 5.45. The number of nitrogens with one attached hydrogen (secondary N) is 1. The lowest BCUT2D eigenvalue weighted by atomic mass is 10.8. The van der Waals surface area contributed by atoms with E-state index in [0.717, 1.165) is 4.99 Å². The third-order valence-electron chi connectivity index (χ3n) is 0.246. The van der Waals surface area contributed by atoms with E-state index in [-0.39, 0.29) is 0 Å². The minimum absolute atomic E-state index is 0.836.